The Morgan fingerprint density at radius 2 is 2.17 bits per heavy atom. The van der Waals surface area contributed by atoms with Crippen LogP contribution in [0.5, 0.6) is 0 Å². The number of fused-ring (bicyclic) bond motifs is 1. The van der Waals surface area contributed by atoms with Crippen molar-refractivity contribution in [1.29, 1.82) is 0 Å². The van der Waals surface area contributed by atoms with Gasteiger partial charge in [-0.25, -0.2) is 4.98 Å². The molecule has 0 saturated carbocycles. The van der Waals surface area contributed by atoms with Gasteiger partial charge in [-0.3, -0.25) is 9.59 Å². The summed E-state index contributed by atoms with van der Waals surface area (Å²) in [5.74, 6) is -0.351. The first-order chi connectivity index (χ1) is 8.61. The smallest absolute Gasteiger partial charge is 0.318 e. The molecule has 6 heteroatoms. The van der Waals surface area contributed by atoms with E-state index in [9.17, 15) is 9.59 Å². The van der Waals surface area contributed by atoms with Crippen molar-refractivity contribution in [3.63, 3.8) is 0 Å². The highest BCUT2D eigenvalue weighted by atomic mass is 32.2. The van der Waals surface area contributed by atoms with Crippen molar-refractivity contribution >= 4 is 28.6 Å². The number of carbonyl (C=O) groups is 1. The molecule has 0 aliphatic heterocycles. The highest BCUT2D eigenvalue weighted by Gasteiger charge is 2.16. The Kier molecular flexibility index (Phi) is 3.66. The number of methoxy groups -OCH3 is 1. The zero-order valence-corrected chi connectivity index (χ0v) is 10.8. The maximum atomic E-state index is 11.8. The second-order valence-electron chi connectivity index (χ2n) is 3.67. The number of H-pyrrole nitrogens is 1. The number of aromatic nitrogens is 2. The minimum Gasteiger partial charge on any atom is -0.468 e. The summed E-state index contributed by atoms with van der Waals surface area (Å²) in [5.41, 5.74) is 0.404. The molecule has 0 radical (unpaired) electrons. The summed E-state index contributed by atoms with van der Waals surface area (Å²) < 4.78 is 4.62. The van der Waals surface area contributed by atoms with Gasteiger partial charge in [-0.2, -0.15) is 0 Å². The Morgan fingerprint density at radius 1 is 1.44 bits per heavy atom. The Morgan fingerprint density at radius 3 is 2.89 bits per heavy atom. The van der Waals surface area contributed by atoms with Crippen LogP contribution in [0.4, 0.5) is 0 Å². The number of para-hydroxylation sites is 1. The molecule has 0 spiro atoms. The molecular formula is C12H12N2O3S. The fourth-order valence-electron chi connectivity index (χ4n) is 1.50. The lowest BCUT2D eigenvalue weighted by Gasteiger charge is -2.08. The van der Waals surface area contributed by atoms with Crippen LogP contribution in [-0.4, -0.2) is 28.3 Å². The fraction of sp³-hybridized carbons (Fsp3) is 0.250. The van der Waals surface area contributed by atoms with E-state index < -0.39 is 5.25 Å². The molecule has 5 nitrogen and oxygen atoms in total. The number of benzene rings is 1. The third kappa shape index (κ3) is 2.53. The van der Waals surface area contributed by atoms with Gasteiger partial charge in [-0.15, -0.1) is 0 Å². The van der Waals surface area contributed by atoms with Gasteiger partial charge in [0.25, 0.3) is 5.56 Å². The molecule has 0 fully saturated rings. The maximum Gasteiger partial charge on any atom is 0.318 e. The number of ether oxygens (including phenoxy) is 1. The van der Waals surface area contributed by atoms with Crippen LogP contribution < -0.4 is 5.56 Å². The first kappa shape index (κ1) is 12.6. The lowest BCUT2D eigenvalue weighted by Crippen LogP contribution is -2.17. The number of rotatable bonds is 3. The summed E-state index contributed by atoms with van der Waals surface area (Å²) in [4.78, 5) is 30.0. The van der Waals surface area contributed by atoms with Gasteiger partial charge in [0.2, 0.25) is 0 Å². The van der Waals surface area contributed by atoms with Crippen molar-refractivity contribution in [3.05, 3.63) is 34.6 Å². The molecule has 0 unspecified atom stereocenters. The standard InChI is InChI=1S/C12H12N2O3S/c1-7(11(16)17-2)18-12-13-9-6-4-3-5-8(9)10(15)14-12/h3-7H,1-2H3,(H,13,14,15)/t7-/m0/s1. The molecule has 0 aliphatic rings. The Hall–Kier alpha value is -1.82. The Labute approximate surface area is 108 Å². The third-order valence-electron chi connectivity index (χ3n) is 2.41. The van der Waals surface area contributed by atoms with Crippen LogP contribution in [0.25, 0.3) is 10.9 Å². The monoisotopic (exact) mass is 264 g/mol. The normalized spacial score (nSPS) is 12.3. The molecule has 0 bridgehead atoms. The Bertz CT molecular complexity index is 639. The number of carbonyl (C=O) groups excluding carboxylic acids is 1. The lowest BCUT2D eigenvalue weighted by molar-refractivity contribution is -0.139. The van der Waals surface area contributed by atoms with E-state index in [0.29, 0.717) is 16.1 Å². The highest BCUT2D eigenvalue weighted by molar-refractivity contribution is 8.00. The zero-order valence-electron chi connectivity index (χ0n) is 9.97. The van der Waals surface area contributed by atoms with Crippen molar-refractivity contribution in [2.75, 3.05) is 7.11 Å². The van der Waals surface area contributed by atoms with Gasteiger partial charge in [0, 0.05) is 0 Å². The molecule has 1 aromatic heterocycles. The predicted octanol–water partition coefficient (Wildman–Crippen LogP) is 1.58. The van der Waals surface area contributed by atoms with E-state index in [0.717, 1.165) is 11.8 Å². The summed E-state index contributed by atoms with van der Waals surface area (Å²) in [5, 5.41) is 0.531. The van der Waals surface area contributed by atoms with E-state index in [1.807, 2.05) is 6.07 Å². The van der Waals surface area contributed by atoms with Crippen LogP contribution in [0.1, 0.15) is 6.92 Å². The van der Waals surface area contributed by atoms with Gasteiger partial charge in [-0.1, -0.05) is 23.9 Å². The van der Waals surface area contributed by atoms with Gasteiger partial charge in [0.15, 0.2) is 5.16 Å². The van der Waals surface area contributed by atoms with Crippen LogP contribution in [0.3, 0.4) is 0 Å². The number of hydrogen-bond acceptors (Lipinski definition) is 5. The number of nitrogens with zero attached hydrogens (tertiary/aromatic N) is 1. The van der Waals surface area contributed by atoms with Crippen LogP contribution >= 0.6 is 11.8 Å². The number of thioether (sulfide) groups is 1. The second kappa shape index (κ2) is 5.22. The molecule has 1 heterocycles. The first-order valence-corrected chi connectivity index (χ1v) is 6.23. The first-order valence-electron chi connectivity index (χ1n) is 5.35. The minimum atomic E-state index is -0.417. The van der Waals surface area contributed by atoms with Crippen LogP contribution in [0.2, 0.25) is 0 Å². The molecule has 0 saturated heterocycles. The molecule has 94 valence electrons. The van der Waals surface area contributed by atoms with E-state index in [4.69, 9.17) is 0 Å². The highest BCUT2D eigenvalue weighted by Crippen LogP contribution is 2.20. The molecule has 1 N–H and O–H groups in total. The molecule has 18 heavy (non-hydrogen) atoms. The van der Waals surface area contributed by atoms with Crippen molar-refractivity contribution in [1.82, 2.24) is 9.97 Å². The largest absolute Gasteiger partial charge is 0.468 e. The molecule has 0 amide bonds. The average molecular weight is 264 g/mol. The quantitative estimate of drug-likeness (QED) is 0.517. The van der Waals surface area contributed by atoms with Crippen LogP contribution in [-0.2, 0) is 9.53 Å². The van der Waals surface area contributed by atoms with Gasteiger partial charge < -0.3 is 9.72 Å². The summed E-state index contributed by atoms with van der Waals surface area (Å²) >= 11 is 1.16. The van der Waals surface area contributed by atoms with Crippen LogP contribution in [0.15, 0.2) is 34.2 Å². The van der Waals surface area contributed by atoms with Crippen molar-refractivity contribution in [3.8, 4) is 0 Å². The van der Waals surface area contributed by atoms with Gasteiger partial charge >= 0.3 is 5.97 Å². The van der Waals surface area contributed by atoms with Gasteiger partial charge in [0.1, 0.15) is 5.25 Å². The molecule has 2 rings (SSSR count). The van der Waals surface area contributed by atoms with E-state index >= 15 is 0 Å². The topological polar surface area (TPSA) is 72.0 Å². The molecule has 0 aliphatic carbocycles. The maximum absolute atomic E-state index is 11.8. The number of hydrogen-bond donors (Lipinski definition) is 1. The molecule has 1 aromatic carbocycles. The van der Waals surface area contributed by atoms with Crippen molar-refractivity contribution in [2.45, 2.75) is 17.3 Å². The SMILES string of the molecule is COC(=O)[C@H](C)Sc1nc2ccccc2c(=O)[nH]1. The molecule has 1 atom stereocenters. The van der Waals surface area contributed by atoms with E-state index in [-0.39, 0.29) is 11.5 Å². The van der Waals surface area contributed by atoms with E-state index in [2.05, 4.69) is 14.7 Å². The van der Waals surface area contributed by atoms with Gasteiger partial charge in [0.05, 0.1) is 18.0 Å². The summed E-state index contributed by atoms with van der Waals surface area (Å²) in [7, 11) is 1.33. The predicted molar refractivity (Wildman–Crippen MR) is 69.7 cm³/mol. The van der Waals surface area contributed by atoms with E-state index in [1.54, 1.807) is 25.1 Å². The summed E-state index contributed by atoms with van der Waals surface area (Å²) in [6.07, 6.45) is 0. The van der Waals surface area contributed by atoms with Crippen LogP contribution in [0, 0.1) is 0 Å². The summed E-state index contributed by atoms with van der Waals surface area (Å²) in [6, 6.07) is 7.06. The van der Waals surface area contributed by atoms with Crippen molar-refractivity contribution < 1.29 is 9.53 Å². The number of nitrogens with one attached hydrogen (secondary N) is 1. The Balaban J connectivity index is 2.35. The minimum absolute atomic E-state index is 0.208. The van der Waals surface area contributed by atoms with Gasteiger partial charge in [-0.05, 0) is 19.1 Å². The van der Waals surface area contributed by atoms with Crippen molar-refractivity contribution in [2.24, 2.45) is 0 Å². The fourth-order valence-corrected chi connectivity index (χ4v) is 2.33. The lowest BCUT2D eigenvalue weighted by atomic mass is 10.2. The number of esters is 1. The third-order valence-corrected chi connectivity index (χ3v) is 3.38. The average Bonchev–Trinajstić information content (AvgIpc) is 2.37. The van der Waals surface area contributed by atoms with E-state index in [1.165, 1.54) is 7.11 Å². The summed E-state index contributed by atoms with van der Waals surface area (Å²) in [6.45, 7) is 1.70. The molecular weight excluding hydrogens is 252 g/mol. The molecule has 2 aromatic rings. The zero-order chi connectivity index (χ0) is 13.1. The number of aromatic amines is 1. The second-order valence-corrected chi connectivity index (χ2v) is 5.00.